The third kappa shape index (κ3) is 3.03. The normalized spacial score (nSPS) is 11.7. The molecule has 0 saturated heterocycles. The van der Waals surface area contributed by atoms with E-state index in [9.17, 15) is 22.4 Å². The lowest BCUT2D eigenvalue weighted by molar-refractivity contribution is -0.159. The summed E-state index contributed by atoms with van der Waals surface area (Å²) in [4.78, 5) is 21.5. The lowest BCUT2D eigenvalue weighted by atomic mass is 10.0. The molecule has 0 amide bonds. The van der Waals surface area contributed by atoms with Crippen molar-refractivity contribution in [3.8, 4) is 11.4 Å². The molecule has 3 rings (SSSR count). The van der Waals surface area contributed by atoms with Crippen LogP contribution < -0.4 is 5.56 Å². The number of nitrogens with zero attached hydrogens (tertiary/aromatic N) is 3. The SMILES string of the molecule is O=c1[nH]ccc(-c2noc(C(F)(F)F)n2)c1Cc1ncccc1F. The molecule has 0 aliphatic heterocycles. The van der Waals surface area contributed by atoms with Crippen molar-refractivity contribution < 1.29 is 22.1 Å². The Kier molecular flexibility index (Phi) is 3.87. The molecule has 0 bridgehead atoms. The first-order valence-corrected chi connectivity index (χ1v) is 6.57. The van der Waals surface area contributed by atoms with E-state index < -0.39 is 29.3 Å². The van der Waals surface area contributed by atoms with E-state index in [1.54, 1.807) is 0 Å². The second-order valence-corrected chi connectivity index (χ2v) is 4.73. The minimum absolute atomic E-state index is 0.00283. The zero-order valence-electron chi connectivity index (χ0n) is 11.8. The van der Waals surface area contributed by atoms with Crippen molar-refractivity contribution in [1.82, 2.24) is 20.1 Å². The minimum atomic E-state index is -4.81. The van der Waals surface area contributed by atoms with Crippen LogP contribution in [0.25, 0.3) is 11.4 Å². The summed E-state index contributed by atoms with van der Waals surface area (Å²) in [5.41, 5.74) is -0.668. The molecule has 0 spiro atoms. The van der Waals surface area contributed by atoms with Crippen LogP contribution in [0.3, 0.4) is 0 Å². The first kappa shape index (κ1) is 15.8. The largest absolute Gasteiger partial charge is 0.471 e. The van der Waals surface area contributed by atoms with Crippen LogP contribution in [0.1, 0.15) is 17.1 Å². The molecular formula is C14H8F4N4O2. The lowest BCUT2D eigenvalue weighted by Gasteiger charge is -2.05. The molecule has 0 atom stereocenters. The van der Waals surface area contributed by atoms with E-state index >= 15 is 0 Å². The van der Waals surface area contributed by atoms with Gasteiger partial charge in [-0.2, -0.15) is 18.2 Å². The van der Waals surface area contributed by atoms with Crippen LogP contribution in [0, 0.1) is 5.82 Å². The molecule has 0 radical (unpaired) electrons. The Bertz CT molecular complexity index is 933. The van der Waals surface area contributed by atoms with Crippen LogP contribution >= 0.6 is 0 Å². The number of hydrogen-bond donors (Lipinski definition) is 1. The summed E-state index contributed by atoms with van der Waals surface area (Å²) < 4.78 is 55.6. The van der Waals surface area contributed by atoms with Gasteiger partial charge in [0.05, 0.1) is 5.69 Å². The molecule has 0 aromatic carbocycles. The molecule has 0 aliphatic carbocycles. The summed E-state index contributed by atoms with van der Waals surface area (Å²) in [6.07, 6.45) is -2.49. The molecule has 0 saturated carbocycles. The lowest BCUT2D eigenvalue weighted by Crippen LogP contribution is -2.15. The molecule has 0 aliphatic rings. The highest BCUT2D eigenvalue weighted by Gasteiger charge is 2.38. The average molecular weight is 340 g/mol. The van der Waals surface area contributed by atoms with Gasteiger partial charge in [0.15, 0.2) is 0 Å². The van der Waals surface area contributed by atoms with Gasteiger partial charge in [-0.1, -0.05) is 5.16 Å². The Morgan fingerprint density at radius 1 is 1.25 bits per heavy atom. The van der Waals surface area contributed by atoms with Crippen molar-refractivity contribution in [3.63, 3.8) is 0 Å². The maximum absolute atomic E-state index is 13.7. The van der Waals surface area contributed by atoms with Gasteiger partial charge in [-0.25, -0.2) is 4.39 Å². The summed E-state index contributed by atoms with van der Waals surface area (Å²) in [5.74, 6) is -2.59. The fourth-order valence-corrected chi connectivity index (χ4v) is 2.06. The predicted octanol–water partition coefficient (Wildman–Crippen LogP) is 2.57. The van der Waals surface area contributed by atoms with Crippen molar-refractivity contribution in [2.45, 2.75) is 12.6 Å². The summed E-state index contributed by atoms with van der Waals surface area (Å²) in [6.45, 7) is 0. The fourth-order valence-electron chi connectivity index (χ4n) is 2.06. The van der Waals surface area contributed by atoms with Gasteiger partial charge in [0.1, 0.15) is 5.82 Å². The third-order valence-electron chi connectivity index (χ3n) is 3.15. The first-order chi connectivity index (χ1) is 11.4. The summed E-state index contributed by atoms with van der Waals surface area (Å²) >= 11 is 0. The highest BCUT2D eigenvalue weighted by Crippen LogP contribution is 2.30. The van der Waals surface area contributed by atoms with Crippen molar-refractivity contribution in [3.05, 3.63) is 63.9 Å². The molecule has 0 unspecified atom stereocenters. The third-order valence-corrected chi connectivity index (χ3v) is 3.15. The van der Waals surface area contributed by atoms with Crippen molar-refractivity contribution >= 4 is 0 Å². The molecule has 3 heterocycles. The standard InChI is InChI=1S/C14H8F4N4O2/c15-9-2-1-4-19-10(9)6-8-7(3-5-20-12(8)23)11-21-13(24-22-11)14(16,17)18/h1-5H,6H2,(H,20,23). The van der Waals surface area contributed by atoms with Crippen LogP contribution in [0.5, 0.6) is 0 Å². The number of nitrogens with one attached hydrogen (secondary N) is 1. The molecule has 3 aromatic rings. The van der Waals surface area contributed by atoms with E-state index in [0.717, 1.165) is 6.07 Å². The van der Waals surface area contributed by atoms with Gasteiger partial charge in [0.25, 0.3) is 5.56 Å². The van der Waals surface area contributed by atoms with E-state index in [0.29, 0.717) is 0 Å². The highest BCUT2D eigenvalue weighted by molar-refractivity contribution is 5.59. The molecular weight excluding hydrogens is 332 g/mol. The van der Waals surface area contributed by atoms with Crippen molar-refractivity contribution in [2.24, 2.45) is 0 Å². The first-order valence-electron chi connectivity index (χ1n) is 6.57. The fraction of sp³-hybridized carbons (Fsp3) is 0.143. The van der Waals surface area contributed by atoms with Gasteiger partial charge >= 0.3 is 12.1 Å². The number of rotatable bonds is 3. The Labute approximate surface area is 131 Å². The van der Waals surface area contributed by atoms with E-state index in [4.69, 9.17) is 0 Å². The quantitative estimate of drug-likeness (QED) is 0.741. The number of aromatic nitrogens is 4. The van der Waals surface area contributed by atoms with Gasteiger partial charge < -0.3 is 9.51 Å². The van der Waals surface area contributed by atoms with Gasteiger partial charge in [-0.3, -0.25) is 9.78 Å². The summed E-state index contributed by atoms with van der Waals surface area (Å²) in [6, 6.07) is 3.85. The zero-order valence-corrected chi connectivity index (χ0v) is 11.8. The Morgan fingerprint density at radius 3 is 2.71 bits per heavy atom. The topological polar surface area (TPSA) is 84.7 Å². The summed E-state index contributed by atoms with van der Waals surface area (Å²) in [5, 5.41) is 3.25. The smallest absolute Gasteiger partial charge is 0.329 e. The Balaban J connectivity index is 2.07. The number of alkyl halides is 3. The van der Waals surface area contributed by atoms with E-state index in [1.165, 1.54) is 24.5 Å². The molecule has 0 fully saturated rings. The van der Waals surface area contributed by atoms with Gasteiger partial charge in [0.2, 0.25) is 5.82 Å². The van der Waals surface area contributed by atoms with Gasteiger partial charge in [-0.15, -0.1) is 0 Å². The molecule has 6 nitrogen and oxygen atoms in total. The van der Waals surface area contributed by atoms with Crippen LogP contribution in [0.2, 0.25) is 0 Å². The van der Waals surface area contributed by atoms with Crippen molar-refractivity contribution in [2.75, 3.05) is 0 Å². The highest BCUT2D eigenvalue weighted by atomic mass is 19.4. The minimum Gasteiger partial charge on any atom is -0.329 e. The Morgan fingerprint density at radius 2 is 2.04 bits per heavy atom. The summed E-state index contributed by atoms with van der Waals surface area (Å²) in [7, 11) is 0. The van der Waals surface area contributed by atoms with E-state index in [2.05, 4.69) is 24.6 Å². The number of halogens is 4. The number of aromatic amines is 1. The van der Waals surface area contributed by atoms with Crippen LogP contribution in [-0.2, 0) is 12.6 Å². The van der Waals surface area contributed by atoms with Crippen LogP contribution in [-0.4, -0.2) is 20.1 Å². The molecule has 24 heavy (non-hydrogen) atoms. The Hall–Kier alpha value is -3.04. The molecule has 124 valence electrons. The average Bonchev–Trinajstić information content (AvgIpc) is 3.01. The second-order valence-electron chi connectivity index (χ2n) is 4.73. The molecule has 3 aromatic heterocycles. The van der Waals surface area contributed by atoms with Crippen molar-refractivity contribution in [1.29, 1.82) is 0 Å². The number of pyridine rings is 2. The van der Waals surface area contributed by atoms with E-state index in [1.807, 2.05) is 0 Å². The van der Waals surface area contributed by atoms with Crippen LogP contribution in [0.15, 0.2) is 39.9 Å². The monoisotopic (exact) mass is 340 g/mol. The van der Waals surface area contributed by atoms with Crippen LogP contribution in [0.4, 0.5) is 17.6 Å². The number of hydrogen-bond acceptors (Lipinski definition) is 5. The van der Waals surface area contributed by atoms with Gasteiger partial charge in [-0.05, 0) is 18.2 Å². The zero-order chi connectivity index (χ0) is 17.3. The second kappa shape index (κ2) is 5.87. The maximum atomic E-state index is 13.7. The van der Waals surface area contributed by atoms with E-state index in [-0.39, 0.29) is 23.2 Å². The molecule has 1 N–H and O–H groups in total. The number of H-pyrrole nitrogens is 1. The van der Waals surface area contributed by atoms with Gasteiger partial charge in [0, 0.05) is 29.9 Å². The molecule has 10 heteroatoms. The maximum Gasteiger partial charge on any atom is 0.471 e. The predicted molar refractivity (Wildman–Crippen MR) is 72.4 cm³/mol.